The summed E-state index contributed by atoms with van der Waals surface area (Å²) in [6, 6.07) is 30.2. The molecular formula is C33H23NO. The summed E-state index contributed by atoms with van der Waals surface area (Å²) in [5, 5.41) is 7.15. The Labute approximate surface area is 202 Å². The van der Waals surface area contributed by atoms with Crippen molar-refractivity contribution < 1.29 is 4.42 Å². The van der Waals surface area contributed by atoms with E-state index in [-0.39, 0.29) is 0 Å². The van der Waals surface area contributed by atoms with Crippen molar-refractivity contribution in [3.8, 4) is 11.1 Å². The second kappa shape index (κ2) is 7.48. The molecule has 0 amide bonds. The number of benzene rings is 5. The molecule has 2 heterocycles. The number of allylic oxidation sites excluding steroid dienone is 2. The van der Waals surface area contributed by atoms with Crippen molar-refractivity contribution in [3.63, 3.8) is 0 Å². The molecule has 0 saturated heterocycles. The first-order chi connectivity index (χ1) is 17.2. The third-order valence-corrected chi connectivity index (χ3v) is 7.09. The molecular weight excluding hydrogens is 426 g/mol. The lowest BCUT2D eigenvalue weighted by Crippen LogP contribution is -1.85. The first-order valence-electron chi connectivity index (χ1n) is 11.9. The lowest BCUT2D eigenvalue weighted by Gasteiger charge is -2.10. The standard InChI is InChI=1S/C33H23NO/c1-3-4-10-21-19-29-27(17-20(21)2)25-14-9-15-26(32(25)34-29)31-23-12-6-5-11-22(23)18-28-24-13-7-8-16-30(24)35-33(28)31/h3-19,34H,1H2,2H3/b10-4-. The highest BCUT2D eigenvalue weighted by Crippen LogP contribution is 2.44. The molecule has 5 aromatic carbocycles. The van der Waals surface area contributed by atoms with E-state index in [9.17, 15) is 0 Å². The third kappa shape index (κ3) is 2.90. The maximum atomic E-state index is 6.52. The molecule has 0 atom stereocenters. The molecule has 2 heteroatoms. The Morgan fingerprint density at radius 1 is 0.771 bits per heavy atom. The van der Waals surface area contributed by atoms with Crippen LogP contribution in [0.1, 0.15) is 11.1 Å². The van der Waals surface area contributed by atoms with E-state index in [1.165, 1.54) is 32.7 Å². The molecule has 2 nitrogen and oxygen atoms in total. The number of aryl methyl sites for hydroxylation is 1. The first kappa shape index (κ1) is 19.9. The van der Waals surface area contributed by atoms with Gasteiger partial charge in [0.1, 0.15) is 11.2 Å². The van der Waals surface area contributed by atoms with Gasteiger partial charge in [0.05, 0.1) is 5.52 Å². The van der Waals surface area contributed by atoms with Crippen molar-refractivity contribution in [1.82, 2.24) is 4.98 Å². The molecule has 0 spiro atoms. The molecule has 0 bridgehead atoms. The van der Waals surface area contributed by atoms with Crippen molar-refractivity contribution in [3.05, 3.63) is 115 Å². The highest BCUT2D eigenvalue weighted by molar-refractivity contribution is 6.22. The van der Waals surface area contributed by atoms with E-state index in [0.717, 1.165) is 44.1 Å². The molecule has 0 fully saturated rings. The number of rotatable bonds is 3. The Morgan fingerprint density at radius 3 is 2.46 bits per heavy atom. The minimum absolute atomic E-state index is 0.914. The molecule has 7 rings (SSSR count). The van der Waals surface area contributed by atoms with E-state index < -0.39 is 0 Å². The highest BCUT2D eigenvalue weighted by atomic mass is 16.3. The Morgan fingerprint density at radius 2 is 1.57 bits per heavy atom. The zero-order valence-corrected chi connectivity index (χ0v) is 19.4. The molecule has 0 aliphatic rings. The summed E-state index contributed by atoms with van der Waals surface area (Å²) in [4.78, 5) is 3.75. The fraction of sp³-hybridized carbons (Fsp3) is 0.0303. The van der Waals surface area contributed by atoms with Crippen LogP contribution in [0.5, 0.6) is 0 Å². The van der Waals surface area contributed by atoms with Crippen LogP contribution in [0.2, 0.25) is 0 Å². The number of hydrogen-bond acceptors (Lipinski definition) is 1. The molecule has 0 saturated carbocycles. The van der Waals surface area contributed by atoms with Crippen molar-refractivity contribution in [2.45, 2.75) is 6.92 Å². The molecule has 1 N–H and O–H groups in total. The Bertz CT molecular complexity index is 1980. The summed E-state index contributed by atoms with van der Waals surface area (Å²) < 4.78 is 6.52. The van der Waals surface area contributed by atoms with Gasteiger partial charge in [-0.15, -0.1) is 0 Å². The molecule has 35 heavy (non-hydrogen) atoms. The van der Waals surface area contributed by atoms with E-state index in [1.54, 1.807) is 0 Å². The molecule has 0 aliphatic heterocycles. The fourth-order valence-corrected chi connectivity index (χ4v) is 5.45. The third-order valence-electron chi connectivity index (χ3n) is 7.09. The van der Waals surface area contributed by atoms with Crippen LogP contribution in [0.4, 0.5) is 0 Å². The zero-order valence-electron chi connectivity index (χ0n) is 19.4. The van der Waals surface area contributed by atoms with Crippen molar-refractivity contribution in [2.75, 3.05) is 0 Å². The second-order valence-corrected chi connectivity index (χ2v) is 9.15. The minimum Gasteiger partial charge on any atom is -0.455 e. The summed E-state index contributed by atoms with van der Waals surface area (Å²) in [7, 11) is 0. The fourth-order valence-electron chi connectivity index (χ4n) is 5.45. The van der Waals surface area contributed by atoms with E-state index in [0.29, 0.717) is 0 Å². The van der Waals surface area contributed by atoms with Crippen molar-refractivity contribution >= 4 is 60.6 Å². The van der Waals surface area contributed by atoms with E-state index in [2.05, 4.69) is 97.4 Å². The Balaban J connectivity index is 1.62. The van der Waals surface area contributed by atoms with Gasteiger partial charge in [0.2, 0.25) is 0 Å². The van der Waals surface area contributed by atoms with Crippen molar-refractivity contribution in [1.29, 1.82) is 0 Å². The largest absolute Gasteiger partial charge is 0.455 e. The number of H-pyrrole nitrogens is 1. The van der Waals surface area contributed by atoms with Crippen LogP contribution in [-0.2, 0) is 0 Å². The van der Waals surface area contributed by atoms with E-state index in [4.69, 9.17) is 4.42 Å². The highest BCUT2D eigenvalue weighted by Gasteiger charge is 2.19. The molecule has 0 unspecified atom stereocenters. The maximum absolute atomic E-state index is 6.52. The van der Waals surface area contributed by atoms with Crippen LogP contribution < -0.4 is 0 Å². The van der Waals surface area contributed by atoms with Crippen LogP contribution in [0, 0.1) is 6.92 Å². The summed E-state index contributed by atoms with van der Waals surface area (Å²) >= 11 is 0. The molecule has 2 aromatic heterocycles. The number of aromatic nitrogens is 1. The number of fused-ring (bicyclic) bond motifs is 7. The lowest BCUT2D eigenvalue weighted by atomic mass is 9.93. The van der Waals surface area contributed by atoms with Gasteiger partial charge in [0.25, 0.3) is 0 Å². The molecule has 7 aromatic rings. The van der Waals surface area contributed by atoms with Crippen LogP contribution in [-0.4, -0.2) is 4.98 Å². The first-order valence-corrected chi connectivity index (χ1v) is 11.9. The number of aromatic amines is 1. The smallest absolute Gasteiger partial charge is 0.143 e. The summed E-state index contributed by atoms with van der Waals surface area (Å²) in [5.41, 5.74) is 8.82. The van der Waals surface area contributed by atoms with Gasteiger partial charge in [0.15, 0.2) is 0 Å². The average molecular weight is 450 g/mol. The summed E-state index contributed by atoms with van der Waals surface area (Å²) in [6.45, 7) is 5.97. The van der Waals surface area contributed by atoms with Gasteiger partial charge in [0, 0.05) is 38.2 Å². The molecule has 0 radical (unpaired) electrons. The van der Waals surface area contributed by atoms with E-state index in [1.807, 2.05) is 24.3 Å². The Kier molecular flexibility index (Phi) is 4.24. The molecule has 0 aliphatic carbocycles. The van der Waals surface area contributed by atoms with Gasteiger partial charge < -0.3 is 9.40 Å². The van der Waals surface area contributed by atoms with Gasteiger partial charge in [-0.3, -0.25) is 0 Å². The minimum atomic E-state index is 0.914. The number of para-hydroxylation sites is 2. The number of hydrogen-bond donors (Lipinski definition) is 1. The van der Waals surface area contributed by atoms with Gasteiger partial charge >= 0.3 is 0 Å². The maximum Gasteiger partial charge on any atom is 0.143 e. The SMILES string of the molecule is C=C/C=C\c1cc2[nH]c3c(-c4c5ccccc5cc5c4oc4ccccc45)cccc3c2cc1C. The predicted octanol–water partition coefficient (Wildman–Crippen LogP) is 9.55. The lowest BCUT2D eigenvalue weighted by molar-refractivity contribution is 0.670. The average Bonchev–Trinajstić information content (AvgIpc) is 3.43. The predicted molar refractivity (Wildman–Crippen MR) is 150 cm³/mol. The zero-order chi connectivity index (χ0) is 23.5. The van der Waals surface area contributed by atoms with Crippen LogP contribution in [0.15, 0.2) is 108 Å². The molecule has 166 valence electrons. The van der Waals surface area contributed by atoms with Gasteiger partial charge in [-0.2, -0.15) is 0 Å². The number of nitrogens with one attached hydrogen (secondary N) is 1. The monoisotopic (exact) mass is 449 g/mol. The second-order valence-electron chi connectivity index (χ2n) is 9.15. The normalized spacial score (nSPS) is 12.1. The van der Waals surface area contributed by atoms with Crippen molar-refractivity contribution in [2.24, 2.45) is 0 Å². The summed E-state index contributed by atoms with van der Waals surface area (Å²) in [5.74, 6) is 0. The van der Waals surface area contributed by atoms with E-state index >= 15 is 0 Å². The number of furan rings is 1. The topological polar surface area (TPSA) is 28.9 Å². The van der Waals surface area contributed by atoms with Crippen LogP contribution in [0.3, 0.4) is 0 Å². The summed E-state index contributed by atoms with van der Waals surface area (Å²) in [6.07, 6.45) is 5.90. The van der Waals surface area contributed by atoms with Crippen LogP contribution >= 0.6 is 0 Å². The van der Waals surface area contributed by atoms with Crippen LogP contribution in [0.25, 0.3) is 71.7 Å². The Hall–Kier alpha value is -4.56. The van der Waals surface area contributed by atoms with Gasteiger partial charge in [-0.05, 0) is 53.1 Å². The van der Waals surface area contributed by atoms with Gasteiger partial charge in [-0.1, -0.05) is 85.5 Å². The van der Waals surface area contributed by atoms with Gasteiger partial charge in [-0.25, -0.2) is 0 Å². The quantitative estimate of drug-likeness (QED) is 0.267.